The minimum absolute atomic E-state index is 0.592. The molecule has 2 N–H and O–H groups in total. The van der Waals surface area contributed by atoms with Crippen molar-refractivity contribution in [1.29, 1.82) is 0 Å². The summed E-state index contributed by atoms with van der Waals surface area (Å²) in [6.07, 6.45) is 4.41. The molecule has 0 amide bonds. The minimum atomic E-state index is 0.592. The van der Waals surface area contributed by atoms with E-state index in [1.807, 2.05) is 13.1 Å². The third-order valence-electron chi connectivity index (χ3n) is 3.38. The predicted octanol–water partition coefficient (Wildman–Crippen LogP) is 2.57. The molecule has 0 aliphatic heterocycles. The van der Waals surface area contributed by atoms with Crippen LogP contribution in [0.1, 0.15) is 36.9 Å². The molecule has 0 radical (unpaired) electrons. The Morgan fingerprint density at radius 3 is 2.73 bits per heavy atom. The topological polar surface area (TPSA) is 38.9 Å². The van der Waals surface area contributed by atoms with Crippen molar-refractivity contribution in [2.75, 3.05) is 6.54 Å². The van der Waals surface area contributed by atoms with Gasteiger partial charge < -0.3 is 5.73 Å². The van der Waals surface area contributed by atoms with Crippen molar-refractivity contribution >= 4 is 5.57 Å². The molecule has 2 atom stereocenters. The van der Waals surface area contributed by atoms with Crippen molar-refractivity contribution in [3.05, 3.63) is 36.2 Å². The van der Waals surface area contributed by atoms with Gasteiger partial charge in [-0.1, -0.05) is 12.6 Å². The van der Waals surface area contributed by atoms with Gasteiger partial charge in [-0.05, 0) is 49.4 Å². The number of aromatic nitrogens is 1. The van der Waals surface area contributed by atoms with Crippen LogP contribution >= 0.6 is 0 Å². The van der Waals surface area contributed by atoms with Gasteiger partial charge in [0.05, 0.1) is 0 Å². The number of rotatable bonds is 3. The van der Waals surface area contributed by atoms with Crippen LogP contribution in [0.2, 0.25) is 0 Å². The van der Waals surface area contributed by atoms with Crippen LogP contribution in [0.15, 0.2) is 24.9 Å². The van der Waals surface area contributed by atoms with Gasteiger partial charge in [0, 0.05) is 17.8 Å². The fraction of sp³-hybridized carbons (Fsp3) is 0.462. The number of nitrogens with zero attached hydrogens (tertiary/aromatic N) is 1. The molecule has 0 bridgehead atoms. The highest BCUT2D eigenvalue weighted by atomic mass is 14.7. The second-order valence-corrected chi connectivity index (χ2v) is 4.43. The van der Waals surface area contributed by atoms with Gasteiger partial charge in [0.1, 0.15) is 0 Å². The van der Waals surface area contributed by atoms with Crippen LogP contribution in [-0.4, -0.2) is 11.5 Å². The molecule has 1 aliphatic carbocycles. The van der Waals surface area contributed by atoms with Crippen molar-refractivity contribution in [1.82, 2.24) is 4.98 Å². The van der Waals surface area contributed by atoms with E-state index >= 15 is 0 Å². The molecule has 1 aromatic heterocycles. The molecular weight excluding hydrogens is 184 g/mol. The molecule has 0 spiro atoms. The highest BCUT2D eigenvalue weighted by molar-refractivity contribution is 5.60. The highest BCUT2D eigenvalue weighted by Gasteiger charge is 2.31. The Kier molecular flexibility index (Phi) is 2.87. The molecule has 1 aromatic rings. The lowest BCUT2D eigenvalue weighted by molar-refractivity contribution is 0.258. The lowest BCUT2D eigenvalue weighted by Crippen LogP contribution is -2.31. The van der Waals surface area contributed by atoms with Gasteiger partial charge in [-0.3, -0.25) is 4.98 Å². The SMILES string of the molecule is C=C(C)c1ccc([C@@H]2CCC2CN)nc1. The fourth-order valence-corrected chi connectivity index (χ4v) is 2.12. The first kappa shape index (κ1) is 10.4. The predicted molar refractivity (Wildman–Crippen MR) is 63.5 cm³/mol. The van der Waals surface area contributed by atoms with Crippen LogP contribution in [-0.2, 0) is 0 Å². The molecule has 15 heavy (non-hydrogen) atoms. The largest absolute Gasteiger partial charge is 0.330 e. The number of allylic oxidation sites excluding steroid dienone is 1. The second-order valence-electron chi connectivity index (χ2n) is 4.43. The third kappa shape index (κ3) is 1.95. The van der Waals surface area contributed by atoms with E-state index in [4.69, 9.17) is 5.73 Å². The van der Waals surface area contributed by atoms with Crippen molar-refractivity contribution in [2.24, 2.45) is 11.7 Å². The molecule has 1 unspecified atom stereocenters. The van der Waals surface area contributed by atoms with E-state index in [0.29, 0.717) is 11.8 Å². The van der Waals surface area contributed by atoms with E-state index in [1.165, 1.54) is 18.5 Å². The number of hydrogen-bond donors (Lipinski definition) is 1. The zero-order chi connectivity index (χ0) is 10.8. The summed E-state index contributed by atoms with van der Waals surface area (Å²) in [5, 5.41) is 0. The van der Waals surface area contributed by atoms with Gasteiger partial charge in [-0.2, -0.15) is 0 Å². The van der Waals surface area contributed by atoms with Crippen molar-refractivity contribution in [3.8, 4) is 0 Å². The quantitative estimate of drug-likeness (QED) is 0.818. The average molecular weight is 202 g/mol. The van der Waals surface area contributed by atoms with E-state index in [-0.39, 0.29) is 0 Å². The lowest BCUT2D eigenvalue weighted by atomic mass is 9.72. The molecule has 1 fully saturated rings. The van der Waals surface area contributed by atoms with Gasteiger partial charge in [0.25, 0.3) is 0 Å². The van der Waals surface area contributed by atoms with Crippen LogP contribution in [0.4, 0.5) is 0 Å². The Morgan fingerprint density at radius 2 is 2.33 bits per heavy atom. The fourth-order valence-electron chi connectivity index (χ4n) is 2.12. The molecule has 2 nitrogen and oxygen atoms in total. The highest BCUT2D eigenvalue weighted by Crippen LogP contribution is 2.40. The standard InChI is InChI=1S/C13H18N2/c1-9(2)11-4-6-13(15-8-11)12-5-3-10(12)7-14/h4,6,8,10,12H,1,3,5,7,14H2,2H3/t10?,12-/m1/s1. The Bertz CT molecular complexity index is 351. The molecule has 0 saturated heterocycles. The van der Waals surface area contributed by atoms with Gasteiger partial charge in [0.15, 0.2) is 0 Å². The van der Waals surface area contributed by atoms with E-state index in [1.54, 1.807) is 0 Å². The summed E-state index contributed by atoms with van der Waals surface area (Å²) in [6, 6.07) is 4.23. The average Bonchev–Trinajstić information content (AvgIpc) is 2.17. The van der Waals surface area contributed by atoms with Crippen molar-refractivity contribution in [3.63, 3.8) is 0 Å². The smallest absolute Gasteiger partial charge is 0.0438 e. The van der Waals surface area contributed by atoms with Crippen LogP contribution < -0.4 is 5.73 Å². The van der Waals surface area contributed by atoms with Crippen molar-refractivity contribution < 1.29 is 0 Å². The number of hydrogen-bond acceptors (Lipinski definition) is 2. The summed E-state index contributed by atoms with van der Waals surface area (Å²) in [5.41, 5.74) is 9.09. The van der Waals surface area contributed by atoms with Crippen LogP contribution in [0.5, 0.6) is 0 Å². The molecule has 2 heteroatoms. The summed E-state index contributed by atoms with van der Waals surface area (Å²) in [6.45, 7) is 6.69. The van der Waals surface area contributed by atoms with Gasteiger partial charge in [0.2, 0.25) is 0 Å². The maximum absolute atomic E-state index is 5.70. The molecule has 80 valence electrons. The molecule has 1 heterocycles. The maximum Gasteiger partial charge on any atom is 0.0438 e. The second kappa shape index (κ2) is 4.15. The first-order valence-corrected chi connectivity index (χ1v) is 5.54. The third-order valence-corrected chi connectivity index (χ3v) is 3.38. The summed E-state index contributed by atoms with van der Waals surface area (Å²) < 4.78 is 0. The van der Waals surface area contributed by atoms with Gasteiger partial charge in [-0.25, -0.2) is 0 Å². The summed E-state index contributed by atoms with van der Waals surface area (Å²) >= 11 is 0. The Labute approximate surface area is 91.2 Å². The lowest BCUT2D eigenvalue weighted by Gasteiger charge is -2.35. The van der Waals surface area contributed by atoms with E-state index in [0.717, 1.165) is 17.7 Å². The molecule has 1 saturated carbocycles. The van der Waals surface area contributed by atoms with Gasteiger partial charge >= 0.3 is 0 Å². The van der Waals surface area contributed by atoms with Gasteiger partial charge in [-0.15, -0.1) is 0 Å². The Balaban J connectivity index is 2.13. The van der Waals surface area contributed by atoms with Crippen LogP contribution in [0.3, 0.4) is 0 Å². The normalized spacial score (nSPS) is 24.7. The van der Waals surface area contributed by atoms with Crippen LogP contribution in [0, 0.1) is 5.92 Å². The molecule has 2 rings (SSSR count). The summed E-state index contributed by atoms with van der Waals surface area (Å²) in [5.74, 6) is 1.24. The first-order chi connectivity index (χ1) is 7.22. The van der Waals surface area contributed by atoms with E-state index in [2.05, 4.69) is 23.7 Å². The van der Waals surface area contributed by atoms with Crippen molar-refractivity contribution in [2.45, 2.75) is 25.7 Å². The minimum Gasteiger partial charge on any atom is -0.330 e. The van der Waals surface area contributed by atoms with E-state index in [9.17, 15) is 0 Å². The molecule has 1 aliphatic rings. The Morgan fingerprint density at radius 1 is 1.53 bits per heavy atom. The maximum atomic E-state index is 5.70. The van der Waals surface area contributed by atoms with E-state index < -0.39 is 0 Å². The number of nitrogens with two attached hydrogens (primary N) is 1. The molecule has 0 aromatic carbocycles. The zero-order valence-corrected chi connectivity index (χ0v) is 9.24. The Hall–Kier alpha value is -1.15. The monoisotopic (exact) mass is 202 g/mol. The first-order valence-electron chi connectivity index (χ1n) is 5.54. The summed E-state index contributed by atoms with van der Waals surface area (Å²) in [4.78, 5) is 4.50. The van der Waals surface area contributed by atoms with Crippen LogP contribution in [0.25, 0.3) is 5.57 Å². The molecular formula is C13H18N2. The summed E-state index contributed by atoms with van der Waals surface area (Å²) in [7, 11) is 0. The zero-order valence-electron chi connectivity index (χ0n) is 9.24. The number of pyridine rings is 1.